The molecule has 0 saturated heterocycles. The SMILES string of the molecule is CCCCOCCCCN=C=O. The van der Waals surface area contributed by atoms with Gasteiger partial charge in [0.2, 0.25) is 6.08 Å². The molecule has 0 aromatic rings. The van der Waals surface area contributed by atoms with Gasteiger partial charge in [0.25, 0.3) is 0 Å². The number of carbonyl (C=O) groups excluding carboxylic acids is 1. The van der Waals surface area contributed by atoms with E-state index in [4.69, 9.17) is 4.74 Å². The van der Waals surface area contributed by atoms with Crippen molar-refractivity contribution in [2.24, 2.45) is 4.99 Å². The molecule has 0 bridgehead atoms. The van der Waals surface area contributed by atoms with Crippen LogP contribution in [0.4, 0.5) is 0 Å². The summed E-state index contributed by atoms with van der Waals surface area (Å²) in [6, 6.07) is 0. The minimum absolute atomic E-state index is 0.584. The number of ether oxygens (including phenoxy) is 1. The van der Waals surface area contributed by atoms with Crippen LogP contribution in [0.3, 0.4) is 0 Å². The number of rotatable bonds is 8. The van der Waals surface area contributed by atoms with Gasteiger partial charge in [-0.15, -0.1) is 0 Å². The Morgan fingerprint density at radius 1 is 1.25 bits per heavy atom. The molecule has 0 unspecified atom stereocenters. The van der Waals surface area contributed by atoms with Gasteiger partial charge < -0.3 is 4.74 Å². The standard InChI is InChI=1S/C9H17NO2/c1-2-3-7-12-8-5-4-6-10-9-11/h2-8H2,1H3. The number of hydrogen-bond donors (Lipinski definition) is 0. The molecule has 12 heavy (non-hydrogen) atoms. The Morgan fingerprint density at radius 2 is 2.00 bits per heavy atom. The molecule has 0 aliphatic heterocycles. The third-order valence-corrected chi connectivity index (χ3v) is 1.52. The molecule has 0 rings (SSSR count). The van der Waals surface area contributed by atoms with Crippen molar-refractivity contribution in [1.82, 2.24) is 0 Å². The number of aliphatic imine (C=N–C) groups is 1. The fourth-order valence-electron chi connectivity index (χ4n) is 0.789. The average Bonchev–Trinajstić information content (AvgIpc) is 2.10. The van der Waals surface area contributed by atoms with Gasteiger partial charge in [-0.1, -0.05) is 13.3 Å². The number of unbranched alkanes of at least 4 members (excludes halogenated alkanes) is 2. The molecule has 0 spiro atoms. The lowest BCUT2D eigenvalue weighted by molar-refractivity contribution is 0.128. The van der Waals surface area contributed by atoms with Crippen LogP contribution in [-0.4, -0.2) is 25.8 Å². The molecule has 0 aliphatic rings. The maximum Gasteiger partial charge on any atom is 0.234 e. The summed E-state index contributed by atoms with van der Waals surface area (Å²) in [5.74, 6) is 0. The van der Waals surface area contributed by atoms with Crippen molar-refractivity contribution in [3.63, 3.8) is 0 Å². The van der Waals surface area contributed by atoms with Gasteiger partial charge in [-0.05, 0) is 19.3 Å². The lowest BCUT2D eigenvalue weighted by atomic mass is 10.3. The van der Waals surface area contributed by atoms with Crippen LogP contribution in [-0.2, 0) is 9.53 Å². The molecule has 3 nitrogen and oxygen atoms in total. The molecule has 0 aliphatic carbocycles. The maximum atomic E-state index is 9.66. The molecular formula is C9H17NO2. The first-order valence-electron chi connectivity index (χ1n) is 4.53. The van der Waals surface area contributed by atoms with Gasteiger partial charge >= 0.3 is 0 Å². The van der Waals surface area contributed by atoms with E-state index in [0.29, 0.717) is 6.54 Å². The van der Waals surface area contributed by atoms with Gasteiger partial charge in [-0.2, -0.15) is 0 Å². The highest BCUT2D eigenvalue weighted by atomic mass is 16.5. The predicted octanol–water partition coefficient (Wildman–Crippen LogP) is 1.92. The summed E-state index contributed by atoms with van der Waals surface area (Å²) in [6.45, 7) is 4.37. The zero-order valence-corrected chi connectivity index (χ0v) is 7.71. The van der Waals surface area contributed by atoms with Crippen molar-refractivity contribution in [3.8, 4) is 0 Å². The minimum Gasteiger partial charge on any atom is -0.381 e. The molecule has 0 saturated carbocycles. The Morgan fingerprint density at radius 3 is 2.67 bits per heavy atom. The van der Waals surface area contributed by atoms with Crippen LogP contribution in [0.2, 0.25) is 0 Å². The zero-order valence-electron chi connectivity index (χ0n) is 7.71. The summed E-state index contributed by atoms with van der Waals surface area (Å²) in [4.78, 5) is 13.1. The van der Waals surface area contributed by atoms with E-state index < -0.39 is 0 Å². The van der Waals surface area contributed by atoms with Crippen LogP contribution in [0.1, 0.15) is 32.6 Å². The second-order valence-corrected chi connectivity index (χ2v) is 2.65. The topological polar surface area (TPSA) is 38.7 Å². The molecule has 70 valence electrons. The van der Waals surface area contributed by atoms with E-state index in [1.165, 1.54) is 12.5 Å². The molecule has 0 aromatic carbocycles. The number of isocyanates is 1. The summed E-state index contributed by atoms with van der Waals surface area (Å²) in [7, 11) is 0. The highest BCUT2D eigenvalue weighted by Gasteiger charge is 1.88. The highest BCUT2D eigenvalue weighted by molar-refractivity contribution is 5.32. The van der Waals surface area contributed by atoms with Gasteiger partial charge in [-0.3, -0.25) is 0 Å². The molecule has 0 N–H and O–H groups in total. The van der Waals surface area contributed by atoms with Crippen molar-refractivity contribution in [2.75, 3.05) is 19.8 Å². The molecule has 3 heteroatoms. The number of hydrogen-bond acceptors (Lipinski definition) is 3. The normalized spacial score (nSPS) is 9.42. The van der Waals surface area contributed by atoms with Crippen molar-refractivity contribution < 1.29 is 9.53 Å². The quantitative estimate of drug-likeness (QED) is 0.318. The highest BCUT2D eigenvalue weighted by Crippen LogP contribution is 1.93. The van der Waals surface area contributed by atoms with E-state index >= 15 is 0 Å². The second-order valence-electron chi connectivity index (χ2n) is 2.65. The molecular weight excluding hydrogens is 154 g/mol. The van der Waals surface area contributed by atoms with Crippen LogP contribution in [0.25, 0.3) is 0 Å². The lowest BCUT2D eigenvalue weighted by Crippen LogP contribution is -1.97. The molecule has 0 radical (unpaired) electrons. The monoisotopic (exact) mass is 171 g/mol. The second kappa shape index (κ2) is 10.3. The Hall–Kier alpha value is -0.660. The third-order valence-electron chi connectivity index (χ3n) is 1.52. The van der Waals surface area contributed by atoms with E-state index in [2.05, 4.69) is 11.9 Å². The summed E-state index contributed by atoms with van der Waals surface area (Å²) in [6.07, 6.45) is 5.72. The number of nitrogens with zero attached hydrogens (tertiary/aromatic N) is 1. The van der Waals surface area contributed by atoms with E-state index in [-0.39, 0.29) is 0 Å². The summed E-state index contributed by atoms with van der Waals surface area (Å²) < 4.78 is 5.31. The largest absolute Gasteiger partial charge is 0.381 e. The molecule has 0 amide bonds. The van der Waals surface area contributed by atoms with Crippen LogP contribution in [0.15, 0.2) is 4.99 Å². The van der Waals surface area contributed by atoms with Crippen molar-refractivity contribution in [1.29, 1.82) is 0 Å². The van der Waals surface area contributed by atoms with Crippen molar-refractivity contribution >= 4 is 6.08 Å². The predicted molar refractivity (Wildman–Crippen MR) is 47.9 cm³/mol. The average molecular weight is 171 g/mol. The Balaban J connectivity index is 2.86. The van der Waals surface area contributed by atoms with E-state index in [9.17, 15) is 4.79 Å². The lowest BCUT2D eigenvalue weighted by Gasteiger charge is -2.00. The first-order valence-corrected chi connectivity index (χ1v) is 4.53. The van der Waals surface area contributed by atoms with E-state index in [0.717, 1.165) is 32.5 Å². The van der Waals surface area contributed by atoms with Gasteiger partial charge in [0.05, 0.1) is 6.54 Å². The van der Waals surface area contributed by atoms with Crippen LogP contribution in [0.5, 0.6) is 0 Å². The Bertz CT molecular complexity index is 130. The van der Waals surface area contributed by atoms with Gasteiger partial charge in [-0.25, -0.2) is 9.79 Å². The first kappa shape index (κ1) is 11.3. The molecule has 0 aromatic heterocycles. The fourth-order valence-corrected chi connectivity index (χ4v) is 0.789. The van der Waals surface area contributed by atoms with Crippen LogP contribution >= 0.6 is 0 Å². The van der Waals surface area contributed by atoms with Crippen molar-refractivity contribution in [2.45, 2.75) is 32.6 Å². The first-order chi connectivity index (χ1) is 5.91. The summed E-state index contributed by atoms with van der Waals surface area (Å²) in [5.41, 5.74) is 0. The van der Waals surface area contributed by atoms with Gasteiger partial charge in [0, 0.05) is 13.2 Å². The van der Waals surface area contributed by atoms with Gasteiger partial charge in [0.1, 0.15) is 0 Å². The smallest absolute Gasteiger partial charge is 0.234 e. The molecule has 0 heterocycles. The summed E-state index contributed by atoms with van der Waals surface area (Å²) in [5, 5.41) is 0. The molecule has 0 atom stereocenters. The van der Waals surface area contributed by atoms with E-state index in [1.54, 1.807) is 0 Å². The van der Waals surface area contributed by atoms with Gasteiger partial charge in [0.15, 0.2) is 0 Å². The van der Waals surface area contributed by atoms with Crippen molar-refractivity contribution in [3.05, 3.63) is 0 Å². The summed E-state index contributed by atoms with van der Waals surface area (Å²) >= 11 is 0. The maximum absolute atomic E-state index is 9.66. The fraction of sp³-hybridized carbons (Fsp3) is 0.889. The minimum atomic E-state index is 0.584. The van der Waals surface area contributed by atoms with Crippen LogP contribution in [0, 0.1) is 0 Å². The third kappa shape index (κ3) is 9.34. The Labute approximate surface area is 73.8 Å². The van der Waals surface area contributed by atoms with E-state index in [1.807, 2.05) is 0 Å². The Kier molecular flexibility index (Phi) is 9.77. The van der Waals surface area contributed by atoms with Crippen LogP contribution < -0.4 is 0 Å². The molecule has 0 fully saturated rings. The zero-order chi connectivity index (χ0) is 9.07.